The quantitative estimate of drug-likeness (QED) is 0.600. The monoisotopic (exact) mass is 378 g/mol. The fourth-order valence-corrected chi connectivity index (χ4v) is 2.66. The first kappa shape index (κ1) is 19.4. The molecule has 1 N–H and O–H groups in total. The van der Waals surface area contributed by atoms with Gasteiger partial charge in [0.05, 0.1) is 0 Å². The summed E-state index contributed by atoms with van der Waals surface area (Å²) in [5.41, 5.74) is 1.99. The Balaban J connectivity index is 1.50. The van der Waals surface area contributed by atoms with Gasteiger partial charge < -0.3 is 14.6 Å². The molecular weight excluding hydrogens is 356 g/mol. The van der Waals surface area contributed by atoms with Gasteiger partial charge >= 0.3 is 0 Å². The van der Waals surface area contributed by atoms with Gasteiger partial charge in [0.1, 0.15) is 12.4 Å². The molecule has 6 nitrogen and oxygen atoms in total. The van der Waals surface area contributed by atoms with E-state index in [1.165, 1.54) is 6.92 Å². The lowest BCUT2D eigenvalue weighted by Crippen LogP contribution is -2.27. The van der Waals surface area contributed by atoms with E-state index in [-0.39, 0.29) is 29.9 Å². The molecule has 2 aromatic carbocycles. The highest BCUT2D eigenvalue weighted by Gasteiger charge is 2.14. The van der Waals surface area contributed by atoms with Crippen molar-refractivity contribution in [3.63, 3.8) is 0 Å². The van der Waals surface area contributed by atoms with Crippen LogP contribution in [-0.2, 0) is 6.61 Å². The average molecular weight is 378 g/mol. The molecular formula is C22H22N2O4. The lowest BCUT2D eigenvalue weighted by atomic mass is 10.0. The van der Waals surface area contributed by atoms with Gasteiger partial charge in [0.2, 0.25) is 0 Å². The molecule has 0 aliphatic rings. The third kappa shape index (κ3) is 5.07. The molecule has 0 saturated carbocycles. The average Bonchev–Trinajstić information content (AvgIpc) is 3.20. The topological polar surface area (TPSA) is 81.4 Å². The lowest BCUT2D eigenvalue weighted by Gasteiger charge is -2.12. The normalized spacial score (nSPS) is 11.6. The highest BCUT2D eigenvalue weighted by atomic mass is 16.5. The van der Waals surface area contributed by atoms with Crippen LogP contribution in [0.15, 0.2) is 65.2 Å². The summed E-state index contributed by atoms with van der Waals surface area (Å²) in [7, 11) is 0. The molecule has 0 saturated heterocycles. The minimum absolute atomic E-state index is 0.000906. The molecule has 0 bridgehead atoms. The third-order valence-electron chi connectivity index (χ3n) is 4.37. The Bertz CT molecular complexity index is 933. The first-order valence-electron chi connectivity index (χ1n) is 9.05. The van der Waals surface area contributed by atoms with Crippen LogP contribution in [0.4, 0.5) is 0 Å². The number of nitrogens with zero attached hydrogens (tertiary/aromatic N) is 1. The molecule has 1 amide bonds. The smallest absolute Gasteiger partial charge is 0.273 e. The third-order valence-corrected chi connectivity index (χ3v) is 4.37. The number of hydrogen-bond acceptors (Lipinski definition) is 5. The van der Waals surface area contributed by atoms with Gasteiger partial charge in [-0.05, 0) is 42.7 Å². The number of nitrogens with one attached hydrogen (secondary N) is 1. The molecule has 1 aromatic heterocycles. The van der Waals surface area contributed by atoms with Crippen LogP contribution in [0, 0.1) is 0 Å². The number of Topliss-reactive ketones (excluding diaryl/α,β-unsaturated/α-hetero) is 1. The predicted octanol–water partition coefficient (Wildman–Crippen LogP) is 3.99. The summed E-state index contributed by atoms with van der Waals surface area (Å²) in [6.45, 7) is 4.21. The Morgan fingerprint density at radius 1 is 1.11 bits per heavy atom. The molecule has 28 heavy (non-hydrogen) atoms. The molecule has 0 aliphatic carbocycles. The zero-order valence-electron chi connectivity index (χ0n) is 15.8. The number of carbonyl (C=O) groups is 2. The zero-order chi connectivity index (χ0) is 19.9. The molecule has 0 unspecified atom stereocenters. The molecule has 3 rings (SSSR count). The molecule has 0 spiro atoms. The number of ketones is 1. The summed E-state index contributed by atoms with van der Waals surface area (Å²) in [5.74, 6) is 0.946. The van der Waals surface area contributed by atoms with Crippen LogP contribution in [0.25, 0.3) is 0 Å². The van der Waals surface area contributed by atoms with Crippen molar-refractivity contribution in [2.24, 2.45) is 0 Å². The maximum absolute atomic E-state index is 12.3. The Hall–Kier alpha value is -3.41. The van der Waals surface area contributed by atoms with Crippen molar-refractivity contribution in [3.8, 4) is 5.75 Å². The van der Waals surface area contributed by atoms with Crippen molar-refractivity contribution < 1.29 is 18.8 Å². The molecule has 1 heterocycles. The Labute approximate surface area is 163 Å². The highest BCUT2D eigenvalue weighted by Crippen LogP contribution is 2.16. The van der Waals surface area contributed by atoms with Gasteiger partial charge in [-0.15, -0.1) is 0 Å². The van der Waals surface area contributed by atoms with Crippen LogP contribution in [-0.4, -0.2) is 23.4 Å². The van der Waals surface area contributed by atoms with Crippen molar-refractivity contribution in [2.75, 3.05) is 6.54 Å². The van der Waals surface area contributed by atoms with E-state index >= 15 is 0 Å². The first-order chi connectivity index (χ1) is 13.5. The van der Waals surface area contributed by atoms with Crippen molar-refractivity contribution in [2.45, 2.75) is 26.4 Å². The number of carbonyl (C=O) groups excluding carboxylic acids is 2. The summed E-state index contributed by atoms with van der Waals surface area (Å²) >= 11 is 0. The second kappa shape index (κ2) is 8.99. The van der Waals surface area contributed by atoms with Gasteiger partial charge in [-0.25, -0.2) is 0 Å². The van der Waals surface area contributed by atoms with E-state index in [4.69, 9.17) is 9.26 Å². The van der Waals surface area contributed by atoms with Crippen LogP contribution in [0.3, 0.4) is 0 Å². The number of ether oxygens (including phenoxy) is 1. The van der Waals surface area contributed by atoms with Gasteiger partial charge in [0.25, 0.3) is 5.91 Å². The van der Waals surface area contributed by atoms with E-state index in [0.29, 0.717) is 23.6 Å². The Morgan fingerprint density at radius 3 is 2.50 bits per heavy atom. The highest BCUT2D eigenvalue weighted by molar-refractivity contribution is 5.94. The lowest BCUT2D eigenvalue weighted by molar-refractivity contribution is 0.0941. The summed E-state index contributed by atoms with van der Waals surface area (Å²) < 4.78 is 10.8. The second-order valence-corrected chi connectivity index (χ2v) is 6.57. The van der Waals surface area contributed by atoms with Crippen molar-refractivity contribution in [1.29, 1.82) is 0 Å². The standard InChI is InChI=1S/C22H22N2O4/c1-15(17-6-4-3-5-7-17)13-23-22(26)21-12-20(28-24-21)14-27-19-10-8-18(9-11-19)16(2)25/h3-12,15H,13-14H2,1-2H3,(H,23,26)/t15-/m1/s1. The van der Waals surface area contributed by atoms with Crippen LogP contribution in [0.5, 0.6) is 5.75 Å². The summed E-state index contributed by atoms with van der Waals surface area (Å²) in [6.07, 6.45) is 0. The minimum atomic E-state index is -0.288. The van der Waals surface area contributed by atoms with Gasteiger partial charge in [0, 0.05) is 18.2 Å². The van der Waals surface area contributed by atoms with Crippen LogP contribution in [0.2, 0.25) is 0 Å². The fraction of sp³-hybridized carbons (Fsp3) is 0.227. The minimum Gasteiger partial charge on any atom is -0.486 e. The molecule has 0 fully saturated rings. The van der Waals surface area contributed by atoms with E-state index in [9.17, 15) is 9.59 Å². The predicted molar refractivity (Wildman–Crippen MR) is 104 cm³/mol. The van der Waals surface area contributed by atoms with Crippen molar-refractivity contribution in [1.82, 2.24) is 10.5 Å². The Morgan fingerprint density at radius 2 is 1.82 bits per heavy atom. The van der Waals surface area contributed by atoms with Crippen LogP contribution < -0.4 is 10.1 Å². The second-order valence-electron chi connectivity index (χ2n) is 6.57. The molecule has 6 heteroatoms. The van der Waals surface area contributed by atoms with Crippen LogP contribution in [0.1, 0.15) is 51.9 Å². The number of hydrogen-bond donors (Lipinski definition) is 1. The maximum atomic E-state index is 12.3. The molecule has 0 aliphatic heterocycles. The number of benzene rings is 2. The van der Waals surface area contributed by atoms with E-state index < -0.39 is 0 Å². The first-order valence-corrected chi connectivity index (χ1v) is 9.05. The summed E-state index contributed by atoms with van der Waals surface area (Å²) in [4.78, 5) is 23.5. The zero-order valence-corrected chi connectivity index (χ0v) is 15.8. The van der Waals surface area contributed by atoms with E-state index in [1.54, 1.807) is 30.3 Å². The van der Waals surface area contributed by atoms with Gasteiger partial charge in [0.15, 0.2) is 17.2 Å². The molecule has 0 radical (unpaired) electrons. The van der Waals surface area contributed by atoms with E-state index in [1.807, 2.05) is 30.3 Å². The number of amides is 1. The van der Waals surface area contributed by atoms with Gasteiger partial charge in [-0.3, -0.25) is 9.59 Å². The summed E-state index contributed by atoms with van der Waals surface area (Å²) in [6, 6.07) is 18.4. The van der Waals surface area contributed by atoms with Crippen molar-refractivity contribution in [3.05, 3.63) is 83.2 Å². The fourth-order valence-electron chi connectivity index (χ4n) is 2.66. The largest absolute Gasteiger partial charge is 0.486 e. The van der Waals surface area contributed by atoms with E-state index in [2.05, 4.69) is 17.4 Å². The number of rotatable bonds is 8. The molecule has 1 atom stereocenters. The van der Waals surface area contributed by atoms with E-state index in [0.717, 1.165) is 5.56 Å². The SMILES string of the molecule is CC(=O)c1ccc(OCc2cc(C(=O)NC[C@@H](C)c3ccccc3)no2)cc1. The Kier molecular flexibility index (Phi) is 6.22. The van der Waals surface area contributed by atoms with Gasteiger partial charge in [-0.2, -0.15) is 0 Å². The summed E-state index contributed by atoms with van der Waals surface area (Å²) in [5, 5.41) is 6.67. The van der Waals surface area contributed by atoms with Gasteiger partial charge in [-0.1, -0.05) is 42.4 Å². The molecule has 144 valence electrons. The van der Waals surface area contributed by atoms with Crippen molar-refractivity contribution >= 4 is 11.7 Å². The maximum Gasteiger partial charge on any atom is 0.273 e. The van der Waals surface area contributed by atoms with Crippen LogP contribution >= 0.6 is 0 Å². The number of aromatic nitrogens is 1. The molecule has 3 aromatic rings.